The molecular formula is C11H14N2O. The molecule has 74 valence electrons. The highest BCUT2D eigenvalue weighted by Crippen LogP contribution is 2.05. The molecular weight excluding hydrogens is 176 g/mol. The smallest absolute Gasteiger partial charge is 0.256 e. The first-order chi connectivity index (χ1) is 6.61. The Morgan fingerprint density at radius 2 is 2.21 bits per heavy atom. The first-order valence-corrected chi connectivity index (χ1v) is 4.45. The highest BCUT2D eigenvalue weighted by atomic mass is 16.1. The molecule has 1 heterocycles. The van der Waals surface area contributed by atoms with Crippen LogP contribution in [0.15, 0.2) is 10.9 Å². The van der Waals surface area contributed by atoms with Gasteiger partial charge in [-0.1, -0.05) is 5.92 Å². The summed E-state index contributed by atoms with van der Waals surface area (Å²) in [4.78, 5) is 11.8. The van der Waals surface area contributed by atoms with Crippen LogP contribution in [0.2, 0.25) is 0 Å². The molecule has 0 radical (unpaired) electrons. The van der Waals surface area contributed by atoms with Crippen molar-refractivity contribution in [2.75, 3.05) is 0 Å². The Morgan fingerprint density at radius 1 is 1.57 bits per heavy atom. The fraction of sp³-hybridized carbons (Fsp3) is 0.364. The number of aryl methyl sites for hydroxylation is 2. The van der Waals surface area contributed by atoms with Crippen LogP contribution in [-0.2, 0) is 13.1 Å². The standard InChI is InChI=1S/C11H14N2O/c1-4-5-13-9(3)6-8(2)10(7-12)11(13)14/h1,6H,5,7,12H2,2-3H3. The average molecular weight is 190 g/mol. The van der Waals surface area contributed by atoms with E-state index in [1.165, 1.54) is 0 Å². The van der Waals surface area contributed by atoms with Crippen LogP contribution < -0.4 is 11.3 Å². The molecule has 0 aliphatic carbocycles. The van der Waals surface area contributed by atoms with Crippen molar-refractivity contribution >= 4 is 0 Å². The molecule has 0 atom stereocenters. The lowest BCUT2D eigenvalue weighted by atomic mass is 10.1. The summed E-state index contributed by atoms with van der Waals surface area (Å²) in [7, 11) is 0. The maximum Gasteiger partial charge on any atom is 0.256 e. The van der Waals surface area contributed by atoms with E-state index >= 15 is 0 Å². The van der Waals surface area contributed by atoms with Crippen molar-refractivity contribution in [3.05, 3.63) is 33.2 Å². The van der Waals surface area contributed by atoms with Gasteiger partial charge in [0.1, 0.15) is 0 Å². The molecule has 0 fully saturated rings. The van der Waals surface area contributed by atoms with Crippen LogP contribution in [0.5, 0.6) is 0 Å². The zero-order chi connectivity index (χ0) is 10.7. The lowest BCUT2D eigenvalue weighted by molar-refractivity contribution is 0.740. The quantitative estimate of drug-likeness (QED) is 0.693. The van der Waals surface area contributed by atoms with Crippen LogP contribution in [0.1, 0.15) is 16.8 Å². The minimum absolute atomic E-state index is 0.0667. The first-order valence-electron chi connectivity index (χ1n) is 4.45. The van der Waals surface area contributed by atoms with Crippen LogP contribution in [0.3, 0.4) is 0 Å². The van der Waals surface area contributed by atoms with E-state index in [-0.39, 0.29) is 12.1 Å². The molecule has 0 saturated heterocycles. The molecule has 0 amide bonds. The summed E-state index contributed by atoms with van der Waals surface area (Å²) in [5.41, 5.74) is 7.89. The molecule has 3 nitrogen and oxygen atoms in total. The fourth-order valence-corrected chi connectivity index (χ4v) is 1.51. The largest absolute Gasteiger partial charge is 0.326 e. The van der Waals surface area contributed by atoms with Gasteiger partial charge >= 0.3 is 0 Å². The third-order valence-corrected chi connectivity index (χ3v) is 2.28. The normalized spacial score (nSPS) is 9.86. The van der Waals surface area contributed by atoms with E-state index in [0.717, 1.165) is 11.3 Å². The lowest BCUT2D eigenvalue weighted by Gasteiger charge is -2.10. The summed E-state index contributed by atoms with van der Waals surface area (Å²) in [6.07, 6.45) is 5.19. The Labute approximate surface area is 83.6 Å². The highest BCUT2D eigenvalue weighted by molar-refractivity contribution is 5.26. The maximum absolute atomic E-state index is 11.8. The average Bonchev–Trinajstić information content (AvgIpc) is 2.12. The van der Waals surface area contributed by atoms with Crippen molar-refractivity contribution < 1.29 is 0 Å². The maximum atomic E-state index is 11.8. The number of nitrogens with two attached hydrogens (primary N) is 1. The molecule has 0 saturated carbocycles. The van der Waals surface area contributed by atoms with Crippen molar-refractivity contribution in [2.24, 2.45) is 5.73 Å². The molecule has 1 aromatic heterocycles. The monoisotopic (exact) mass is 190 g/mol. The van der Waals surface area contributed by atoms with Gasteiger partial charge in [-0.2, -0.15) is 0 Å². The summed E-state index contributed by atoms with van der Waals surface area (Å²) >= 11 is 0. The van der Waals surface area contributed by atoms with Gasteiger partial charge in [-0.05, 0) is 25.5 Å². The van der Waals surface area contributed by atoms with E-state index < -0.39 is 0 Å². The second kappa shape index (κ2) is 4.12. The van der Waals surface area contributed by atoms with Gasteiger partial charge < -0.3 is 10.3 Å². The third-order valence-electron chi connectivity index (χ3n) is 2.28. The Bertz CT molecular complexity index is 438. The van der Waals surface area contributed by atoms with Crippen molar-refractivity contribution in [3.63, 3.8) is 0 Å². The van der Waals surface area contributed by atoms with Crippen molar-refractivity contribution in [1.82, 2.24) is 4.57 Å². The Balaban J connectivity index is 3.46. The molecule has 0 aliphatic rings. The summed E-state index contributed by atoms with van der Waals surface area (Å²) in [5, 5.41) is 0. The number of hydrogen-bond donors (Lipinski definition) is 1. The molecule has 1 aromatic rings. The van der Waals surface area contributed by atoms with Crippen LogP contribution in [0.25, 0.3) is 0 Å². The SMILES string of the molecule is C#CCn1c(C)cc(C)c(CN)c1=O. The topological polar surface area (TPSA) is 48.0 Å². The molecule has 1 rings (SSSR count). The molecule has 0 aromatic carbocycles. The second-order valence-electron chi connectivity index (χ2n) is 3.25. The van der Waals surface area contributed by atoms with E-state index in [1.807, 2.05) is 19.9 Å². The van der Waals surface area contributed by atoms with Gasteiger partial charge in [0, 0.05) is 17.8 Å². The van der Waals surface area contributed by atoms with Crippen LogP contribution in [-0.4, -0.2) is 4.57 Å². The van der Waals surface area contributed by atoms with E-state index in [4.69, 9.17) is 12.2 Å². The second-order valence-corrected chi connectivity index (χ2v) is 3.25. The number of terminal acetylenes is 1. The number of rotatable bonds is 2. The van der Waals surface area contributed by atoms with Crippen LogP contribution in [0.4, 0.5) is 0 Å². The van der Waals surface area contributed by atoms with Gasteiger partial charge in [0.05, 0.1) is 6.54 Å². The summed E-state index contributed by atoms with van der Waals surface area (Å²) in [6.45, 7) is 4.32. The molecule has 0 aliphatic heterocycles. The van der Waals surface area contributed by atoms with E-state index in [0.29, 0.717) is 12.1 Å². The number of hydrogen-bond acceptors (Lipinski definition) is 2. The fourth-order valence-electron chi connectivity index (χ4n) is 1.51. The van der Waals surface area contributed by atoms with Gasteiger partial charge in [-0.25, -0.2) is 0 Å². The predicted molar refractivity (Wildman–Crippen MR) is 56.9 cm³/mol. The number of nitrogens with zero attached hydrogens (tertiary/aromatic N) is 1. The molecule has 0 bridgehead atoms. The van der Waals surface area contributed by atoms with Crippen LogP contribution >= 0.6 is 0 Å². The minimum Gasteiger partial charge on any atom is -0.326 e. The molecule has 0 spiro atoms. The molecule has 3 heteroatoms. The third kappa shape index (κ3) is 1.70. The predicted octanol–water partition coefficient (Wildman–Crippen LogP) is 0.557. The number of aromatic nitrogens is 1. The van der Waals surface area contributed by atoms with E-state index in [1.54, 1.807) is 4.57 Å². The lowest BCUT2D eigenvalue weighted by Crippen LogP contribution is -2.28. The van der Waals surface area contributed by atoms with Gasteiger partial charge in [-0.15, -0.1) is 6.42 Å². The van der Waals surface area contributed by atoms with E-state index in [2.05, 4.69) is 5.92 Å². The van der Waals surface area contributed by atoms with Gasteiger partial charge in [0.25, 0.3) is 5.56 Å². The summed E-state index contributed by atoms with van der Waals surface area (Å²) in [5.74, 6) is 2.46. The Hall–Kier alpha value is -1.53. The van der Waals surface area contributed by atoms with Crippen LogP contribution in [0, 0.1) is 26.2 Å². The highest BCUT2D eigenvalue weighted by Gasteiger charge is 2.07. The minimum atomic E-state index is -0.0667. The van der Waals surface area contributed by atoms with Gasteiger partial charge in [0.2, 0.25) is 0 Å². The first kappa shape index (κ1) is 10.6. The number of pyridine rings is 1. The zero-order valence-electron chi connectivity index (χ0n) is 8.50. The molecule has 0 unspecified atom stereocenters. The zero-order valence-corrected chi connectivity index (χ0v) is 8.50. The Morgan fingerprint density at radius 3 is 2.71 bits per heavy atom. The summed E-state index contributed by atoms with van der Waals surface area (Å²) < 4.78 is 1.56. The van der Waals surface area contributed by atoms with Gasteiger partial charge in [-0.3, -0.25) is 4.79 Å². The molecule has 14 heavy (non-hydrogen) atoms. The van der Waals surface area contributed by atoms with E-state index in [9.17, 15) is 4.79 Å². The summed E-state index contributed by atoms with van der Waals surface area (Å²) in [6, 6.07) is 1.93. The Kier molecular flexibility index (Phi) is 3.10. The van der Waals surface area contributed by atoms with Crippen molar-refractivity contribution in [2.45, 2.75) is 26.9 Å². The van der Waals surface area contributed by atoms with Crippen molar-refractivity contribution in [1.29, 1.82) is 0 Å². The van der Waals surface area contributed by atoms with Gasteiger partial charge in [0.15, 0.2) is 0 Å². The molecule has 2 N–H and O–H groups in total. The van der Waals surface area contributed by atoms with Crippen molar-refractivity contribution in [3.8, 4) is 12.3 Å².